The molecule has 2 bridgehead atoms. The first-order chi connectivity index (χ1) is 14.1. The molecule has 8 heteroatoms. The van der Waals surface area contributed by atoms with Crippen LogP contribution in [0, 0.1) is 17.8 Å². The Bertz CT molecular complexity index is 910. The van der Waals surface area contributed by atoms with Crippen molar-refractivity contribution in [1.29, 1.82) is 0 Å². The van der Waals surface area contributed by atoms with Crippen LogP contribution in [0.3, 0.4) is 0 Å². The summed E-state index contributed by atoms with van der Waals surface area (Å²) in [6.45, 7) is 2.84. The van der Waals surface area contributed by atoms with Crippen molar-refractivity contribution in [2.75, 3.05) is 12.3 Å². The number of amides is 2. The first-order valence-corrected chi connectivity index (χ1v) is 12.4. The van der Waals surface area contributed by atoms with Crippen LogP contribution in [0.5, 0.6) is 0 Å². The minimum absolute atomic E-state index is 0.0494. The van der Waals surface area contributed by atoms with Gasteiger partial charge in [0.05, 0.1) is 10.6 Å². The summed E-state index contributed by atoms with van der Waals surface area (Å²) in [7, 11) is 0. The number of imide groups is 1. The Labute approximate surface area is 179 Å². The lowest BCUT2D eigenvalue weighted by Crippen LogP contribution is -2.33. The lowest BCUT2D eigenvalue weighted by molar-refractivity contribution is -0.140. The fourth-order valence-electron chi connectivity index (χ4n) is 5.51. The first kappa shape index (κ1) is 19.3. The third kappa shape index (κ3) is 3.54. The average molecular weight is 431 g/mol. The Hall–Kier alpha value is -1.67. The van der Waals surface area contributed by atoms with Crippen LogP contribution < -0.4 is 0 Å². The average Bonchev–Trinajstić information content (AvgIpc) is 3.53. The smallest absolute Gasteiger partial charge is 0.239 e. The molecule has 2 saturated carbocycles. The third-order valence-corrected chi connectivity index (χ3v) is 8.72. The predicted octanol–water partition coefficient (Wildman–Crippen LogP) is 4.24. The molecule has 2 amide bonds. The SMILES string of the molecule is C[C@H]([C@H]1C[C@H]2CC[C@H]1C2)n1c(SCC(=O)N2CCCC2=O)nnc1-c1cccs1. The second kappa shape index (κ2) is 7.87. The lowest BCUT2D eigenvalue weighted by Gasteiger charge is -2.30. The normalized spacial score (nSPS) is 27.1. The van der Waals surface area contributed by atoms with Crippen LogP contribution in [0.4, 0.5) is 0 Å². The van der Waals surface area contributed by atoms with Crippen LogP contribution in [0.1, 0.15) is 51.5 Å². The van der Waals surface area contributed by atoms with Crippen LogP contribution in [-0.2, 0) is 9.59 Å². The van der Waals surface area contributed by atoms with E-state index in [0.29, 0.717) is 24.9 Å². The molecule has 2 aromatic heterocycles. The standard InChI is InChI=1S/C21H26N4O2S2/c1-13(16-11-14-6-7-15(16)10-14)25-20(17-4-3-9-28-17)22-23-21(25)29-12-19(27)24-8-2-5-18(24)26/h3-4,9,13-16H,2,5-8,10-12H2,1H3/t13-,14+,15+,16-/m1/s1. The van der Waals surface area contributed by atoms with Gasteiger partial charge < -0.3 is 0 Å². The highest BCUT2D eigenvalue weighted by atomic mass is 32.2. The van der Waals surface area contributed by atoms with Gasteiger partial charge in [0.2, 0.25) is 11.8 Å². The zero-order valence-electron chi connectivity index (χ0n) is 16.6. The highest BCUT2D eigenvalue weighted by Crippen LogP contribution is 2.53. The van der Waals surface area contributed by atoms with E-state index < -0.39 is 0 Å². The number of nitrogens with zero attached hydrogens (tertiary/aromatic N) is 4. The number of carbonyl (C=O) groups excluding carboxylic acids is 2. The summed E-state index contributed by atoms with van der Waals surface area (Å²) in [4.78, 5) is 26.9. The van der Waals surface area contributed by atoms with Crippen molar-refractivity contribution in [3.63, 3.8) is 0 Å². The second-order valence-electron chi connectivity index (χ2n) is 8.56. The van der Waals surface area contributed by atoms with E-state index in [2.05, 4.69) is 33.1 Å². The second-order valence-corrected chi connectivity index (χ2v) is 10.5. The monoisotopic (exact) mass is 430 g/mol. The molecule has 1 saturated heterocycles. The molecule has 0 N–H and O–H groups in total. The van der Waals surface area contributed by atoms with Crippen LogP contribution in [0.25, 0.3) is 10.7 Å². The molecule has 1 aliphatic heterocycles. The molecule has 0 radical (unpaired) electrons. The van der Waals surface area contributed by atoms with E-state index in [1.807, 2.05) is 6.07 Å². The van der Waals surface area contributed by atoms with Crippen molar-refractivity contribution in [3.05, 3.63) is 17.5 Å². The molecular weight excluding hydrogens is 404 g/mol. The van der Waals surface area contributed by atoms with Gasteiger partial charge in [0.15, 0.2) is 11.0 Å². The van der Waals surface area contributed by atoms with Gasteiger partial charge in [0, 0.05) is 19.0 Å². The predicted molar refractivity (Wildman–Crippen MR) is 114 cm³/mol. The molecule has 3 aliphatic rings. The summed E-state index contributed by atoms with van der Waals surface area (Å²) in [6.07, 6.45) is 6.64. The molecule has 3 heterocycles. The van der Waals surface area contributed by atoms with Crippen molar-refractivity contribution in [2.45, 2.75) is 56.6 Å². The van der Waals surface area contributed by atoms with Crippen molar-refractivity contribution >= 4 is 34.9 Å². The van der Waals surface area contributed by atoms with Crippen molar-refractivity contribution in [1.82, 2.24) is 19.7 Å². The number of thiophene rings is 1. The number of thioether (sulfide) groups is 1. The number of carbonyl (C=O) groups is 2. The Balaban J connectivity index is 1.39. The van der Waals surface area contributed by atoms with Gasteiger partial charge in [-0.05, 0) is 61.8 Å². The van der Waals surface area contributed by atoms with Crippen LogP contribution >= 0.6 is 23.1 Å². The lowest BCUT2D eigenvalue weighted by atomic mass is 9.84. The van der Waals surface area contributed by atoms with Gasteiger partial charge in [-0.25, -0.2) is 0 Å². The van der Waals surface area contributed by atoms with Crippen molar-refractivity contribution in [3.8, 4) is 10.7 Å². The van der Waals surface area contributed by atoms with Gasteiger partial charge in [-0.3, -0.25) is 19.1 Å². The highest BCUT2D eigenvalue weighted by Gasteiger charge is 2.43. The molecule has 6 nitrogen and oxygen atoms in total. The maximum Gasteiger partial charge on any atom is 0.239 e. The molecule has 3 fully saturated rings. The van der Waals surface area contributed by atoms with E-state index in [1.54, 1.807) is 11.3 Å². The summed E-state index contributed by atoms with van der Waals surface area (Å²) < 4.78 is 2.26. The Morgan fingerprint density at radius 2 is 2.24 bits per heavy atom. The van der Waals surface area contributed by atoms with E-state index >= 15 is 0 Å². The fourth-order valence-corrected chi connectivity index (χ4v) is 7.11. The largest absolute Gasteiger partial charge is 0.298 e. The zero-order valence-corrected chi connectivity index (χ0v) is 18.3. The van der Waals surface area contributed by atoms with E-state index in [1.165, 1.54) is 42.3 Å². The molecule has 154 valence electrons. The van der Waals surface area contributed by atoms with Gasteiger partial charge in [-0.1, -0.05) is 24.2 Å². The molecule has 0 unspecified atom stereocenters. The summed E-state index contributed by atoms with van der Waals surface area (Å²) in [6, 6.07) is 4.43. The highest BCUT2D eigenvalue weighted by molar-refractivity contribution is 7.99. The summed E-state index contributed by atoms with van der Waals surface area (Å²) in [5.41, 5.74) is 0. The molecule has 5 rings (SSSR count). The molecule has 29 heavy (non-hydrogen) atoms. The fraction of sp³-hybridized carbons (Fsp3) is 0.619. The van der Waals surface area contributed by atoms with Crippen LogP contribution in [0.15, 0.2) is 22.7 Å². The van der Waals surface area contributed by atoms with E-state index in [4.69, 9.17) is 0 Å². The molecule has 4 atom stereocenters. The number of hydrogen-bond acceptors (Lipinski definition) is 6. The van der Waals surface area contributed by atoms with Gasteiger partial charge in [0.25, 0.3) is 0 Å². The Morgan fingerprint density at radius 1 is 1.34 bits per heavy atom. The molecular formula is C21H26N4O2S2. The molecule has 0 spiro atoms. The van der Waals surface area contributed by atoms with Gasteiger partial charge >= 0.3 is 0 Å². The molecule has 2 aliphatic carbocycles. The maximum absolute atomic E-state index is 12.5. The first-order valence-electron chi connectivity index (χ1n) is 10.6. The number of hydrogen-bond donors (Lipinski definition) is 0. The third-order valence-electron chi connectivity index (χ3n) is 6.92. The summed E-state index contributed by atoms with van der Waals surface area (Å²) >= 11 is 3.09. The van der Waals surface area contributed by atoms with Crippen LogP contribution in [-0.4, -0.2) is 43.8 Å². The minimum Gasteiger partial charge on any atom is -0.298 e. The van der Waals surface area contributed by atoms with Gasteiger partial charge in [-0.2, -0.15) is 0 Å². The van der Waals surface area contributed by atoms with E-state index in [-0.39, 0.29) is 17.6 Å². The maximum atomic E-state index is 12.5. The quantitative estimate of drug-likeness (QED) is 0.641. The van der Waals surface area contributed by atoms with E-state index in [0.717, 1.165) is 34.1 Å². The Morgan fingerprint density at radius 3 is 2.90 bits per heavy atom. The number of fused-ring (bicyclic) bond motifs is 2. The van der Waals surface area contributed by atoms with Crippen molar-refractivity contribution < 1.29 is 9.59 Å². The van der Waals surface area contributed by atoms with Gasteiger partial charge in [-0.15, -0.1) is 21.5 Å². The van der Waals surface area contributed by atoms with Crippen molar-refractivity contribution in [2.24, 2.45) is 17.8 Å². The van der Waals surface area contributed by atoms with Gasteiger partial charge in [0.1, 0.15) is 0 Å². The minimum atomic E-state index is -0.114. The number of rotatable bonds is 6. The Kier molecular flexibility index (Phi) is 5.24. The molecule has 2 aromatic rings. The summed E-state index contributed by atoms with van der Waals surface area (Å²) in [5.74, 6) is 3.31. The number of likely N-dealkylation sites (tertiary alicyclic amines) is 1. The topological polar surface area (TPSA) is 68.1 Å². The summed E-state index contributed by atoms with van der Waals surface area (Å²) in [5, 5.41) is 11.8. The zero-order chi connectivity index (χ0) is 20.0. The molecule has 0 aromatic carbocycles. The number of aromatic nitrogens is 3. The van der Waals surface area contributed by atoms with Crippen LogP contribution in [0.2, 0.25) is 0 Å². The van der Waals surface area contributed by atoms with E-state index in [9.17, 15) is 9.59 Å².